The Morgan fingerprint density at radius 3 is 2.63 bits per heavy atom. The molecule has 0 saturated carbocycles. The van der Waals surface area contributed by atoms with Crippen LogP contribution in [0.2, 0.25) is 0 Å². The van der Waals surface area contributed by atoms with E-state index in [1.165, 1.54) is 23.1 Å². The SMILES string of the molecule is Cc1cc(O)ccc1C(=O)N1CCC(C)C1C(=O)O. The monoisotopic (exact) mass is 263 g/mol. The number of aromatic hydroxyl groups is 1. The van der Waals surface area contributed by atoms with Crippen molar-refractivity contribution in [2.45, 2.75) is 26.3 Å². The van der Waals surface area contributed by atoms with Gasteiger partial charge < -0.3 is 15.1 Å². The number of aryl methyl sites for hydroxylation is 1. The van der Waals surface area contributed by atoms with E-state index < -0.39 is 12.0 Å². The molecule has 2 rings (SSSR count). The van der Waals surface area contributed by atoms with E-state index >= 15 is 0 Å². The van der Waals surface area contributed by atoms with Gasteiger partial charge in [-0.3, -0.25) is 4.79 Å². The van der Waals surface area contributed by atoms with Gasteiger partial charge in [0.2, 0.25) is 0 Å². The topological polar surface area (TPSA) is 77.8 Å². The summed E-state index contributed by atoms with van der Waals surface area (Å²) < 4.78 is 0. The molecule has 2 N–H and O–H groups in total. The Kier molecular flexibility index (Phi) is 3.46. The van der Waals surface area contributed by atoms with Gasteiger partial charge in [0, 0.05) is 12.1 Å². The maximum atomic E-state index is 12.4. The molecule has 2 unspecified atom stereocenters. The van der Waals surface area contributed by atoms with Crippen molar-refractivity contribution < 1.29 is 19.8 Å². The highest BCUT2D eigenvalue weighted by molar-refractivity contribution is 5.98. The van der Waals surface area contributed by atoms with Crippen molar-refractivity contribution in [2.75, 3.05) is 6.54 Å². The Labute approximate surface area is 111 Å². The number of carbonyl (C=O) groups is 2. The van der Waals surface area contributed by atoms with E-state index in [4.69, 9.17) is 0 Å². The molecule has 5 heteroatoms. The van der Waals surface area contributed by atoms with Gasteiger partial charge in [0.15, 0.2) is 0 Å². The van der Waals surface area contributed by atoms with Crippen LogP contribution in [0.4, 0.5) is 0 Å². The molecular formula is C14H17NO4. The van der Waals surface area contributed by atoms with Crippen LogP contribution in [0.3, 0.4) is 0 Å². The van der Waals surface area contributed by atoms with Gasteiger partial charge >= 0.3 is 5.97 Å². The van der Waals surface area contributed by atoms with Gasteiger partial charge in [-0.2, -0.15) is 0 Å². The minimum Gasteiger partial charge on any atom is -0.508 e. The van der Waals surface area contributed by atoms with Crippen LogP contribution in [-0.4, -0.2) is 39.6 Å². The lowest BCUT2D eigenvalue weighted by Crippen LogP contribution is -2.43. The van der Waals surface area contributed by atoms with Gasteiger partial charge in [0.05, 0.1) is 0 Å². The number of aliphatic carboxylic acids is 1. The number of hydrogen-bond acceptors (Lipinski definition) is 3. The molecule has 1 heterocycles. The van der Waals surface area contributed by atoms with Crippen LogP contribution in [0.5, 0.6) is 5.75 Å². The average Bonchev–Trinajstić information content (AvgIpc) is 2.70. The first-order chi connectivity index (χ1) is 8.91. The van der Waals surface area contributed by atoms with Crippen molar-refractivity contribution in [1.82, 2.24) is 4.90 Å². The van der Waals surface area contributed by atoms with Gasteiger partial charge in [0.1, 0.15) is 11.8 Å². The lowest BCUT2D eigenvalue weighted by molar-refractivity contribution is -0.142. The fourth-order valence-electron chi connectivity index (χ4n) is 2.59. The van der Waals surface area contributed by atoms with E-state index in [-0.39, 0.29) is 17.6 Å². The summed E-state index contributed by atoms with van der Waals surface area (Å²) in [6, 6.07) is 3.72. The number of carboxylic acid groups (broad SMARTS) is 1. The van der Waals surface area contributed by atoms with Gasteiger partial charge in [0.25, 0.3) is 5.91 Å². The quantitative estimate of drug-likeness (QED) is 0.850. The fraction of sp³-hybridized carbons (Fsp3) is 0.429. The summed E-state index contributed by atoms with van der Waals surface area (Å²) in [6.45, 7) is 4.02. The predicted octanol–water partition coefficient (Wildman–Crippen LogP) is 1.64. The smallest absolute Gasteiger partial charge is 0.326 e. The van der Waals surface area contributed by atoms with Crippen molar-refractivity contribution >= 4 is 11.9 Å². The number of likely N-dealkylation sites (tertiary alicyclic amines) is 1. The second kappa shape index (κ2) is 4.91. The summed E-state index contributed by atoms with van der Waals surface area (Å²) in [7, 11) is 0. The van der Waals surface area contributed by atoms with E-state index in [9.17, 15) is 19.8 Å². The molecule has 0 spiro atoms. The molecule has 1 aromatic carbocycles. The largest absolute Gasteiger partial charge is 0.508 e. The molecule has 5 nitrogen and oxygen atoms in total. The summed E-state index contributed by atoms with van der Waals surface area (Å²) in [5.41, 5.74) is 1.09. The molecule has 1 aliphatic heterocycles. The minimum absolute atomic E-state index is 0.0427. The Bertz CT molecular complexity index is 526. The number of carbonyl (C=O) groups excluding carboxylic acids is 1. The molecule has 0 radical (unpaired) electrons. The van der Waals surface area contributed by atoms with Crippen LogP contribution < -0.4 is 0 Å². The van der Waals surface area contributed by atoms with Gasteiger partial charge in [-0.1, -0.05) is 6.92 Å². The molecule has 1 aliphatic rings. The van der Waals surface area contributed by atoms with Crippen LogP contribution in [0.15, 0.2) is 18.2 Å². The summed E-state index contributed by atoms with van der Waals surface area (Å²) in [4.78, 5) is 25.1. The average molecular weight is 263 g/mol. The highest BCUT2D eigenvalue weighted by Crippen LogP contribution is 2.27. The van der Waals surface area contributed by atoms with Gasteiger partial charge in [-0.15, -0.1) is 0 Å². The van der Waals surface area contributed by atoms with Crippen molar-refractivity contribution in [3.8, 4) is 5.75 Å². The first kappa shape index (κ1) is 13.4. The summed E-state index contributed by atoms with van der Waals surface area (Å²) in [6.07, 6.45) is 0.694. The van der Waals surface area contributed by atoms with Crippen LogP contribution in [-0.2, 0) is 4.79 Å². The van der Waals surface area contributed by atoms with Gasteiger partial charge in [-0.05, 0) is 43.0 Å². The highest BCUT2D eigenvalue weighted by Gasteiger charge is 2.39. The van der Waals surface area contributed by atoms with Crippen LogP contribution in [0.25, 0.3) is 0 Å². The molecule has 1 fully saturated rings. The second-order valence-electron chi connectivity index (χ2n) is 5.05. The number of rotatable bonds is 2. The summed E-state index contributed by atoms with van der Waals surface area (Å²) in [5.74, 6) is -1.19. The zero-order chi connectivity index (χ0) is 14.2. The lowest BCUT2D eigenvalue weighted by atomic mass is 10.0. The minimum atomic E-state index is -0.963. The maximum Gasteiger partial charge on any atom is 0.326 e. The van der Waals surface area contributed by atoms with E-state index in [1.54, 1.807) is 6.92 Å². The molecule has 102 valence electrons. The zero-order valence-electron chi connectivity index (χ0n) is 11.0. The molecule has 0 aromatic heterocycles. The van der Waals surface area contributed by atoms with Crippen molar-refractivity contribution in [1.29, 1.82) is 0 Å². The molecule has 19 heavy (non-hydrogen) atoms. The third-order valence-electron chi connectivity index (χ3n) is 3.65. The number of phenols is 1. The third-order valence-corrected chi connectivity index (χ3v) is 3.65. The van der Waals surface area contributed by atoms with Crippen molar-refractivity contribution in [3.05, 3.63) is 29.3 Å². The highest BCUT2D eigenvalue weighted by atomic mass is 16.4. The van der Waals surface area contributed by atoms with E-state index in [0.717, 1.165) is 0 Å². The zero-order valence-corrected chi connectivity index (χ0v) is 11.0. The molecule has 1 aromatic rings. The summed E-state index contributed by atoms with van der Waals surface area (Å²) >= 11 is 0. The molecular weight excluding hydrogens is 246 g/mol. The van der Waals surface area contributed by atoms with Crippen LogP contribution in [0.1, 0.15) is 29.3 Å². The number of amides is 1. The lowest BCUT2D eigenvalue weighted by Gasteiger charge is -2.24. The van der Waals surface area contributed by atoms with Crippen molar-refractivity contribution in [2.24, 2.45) is 5.92 Å². The molecule has 1 amide bonds. The van der Waals surface area contributed by atoms with E-state index in [0.29, 0.717) is 24.1 Å². The Hall–Kier alpha value is -2.04. The number of nitrogens with zero attached hydrogens (tertiary/aromatic N) is 1. The molecule has 1 saturated heterocycles. The van der Waals surface area contributed by atoms with Crippen molar-refractivity contribution in [3.63, 3.8) is 0 Å². The standard InChI is InChI=1S/C14H17NO4/c1-8-5-6-15(12(8)14(18)19)13(17)11-4-3-10(16)7-9(11)2/h3-4,7-8,12,16H,5-6H2,1-2H3,(H,18,19). The first-order valence-corrected chi connectivity index (χ1v) is 6.25. The van der Waals surface area contributed by atoms with Crippen LogP contribution >= 0.6 is 0 Å². The maximum absolute atomic E-state index is 12.4. The Morgan fingerprint density at radius 2 is 2.05 bits per heavy atom. The van der Waals surface area contributed by atoms with Gasteiger partial charge in [-0.25, -0.2) is 4.79 Å². The number of benzene rings is 1. The molecule has 2 atom stereocenters. The van der Waals surface area contributed by atoms with Crippen LogP contribution in [0, 0.1) is 12.8 Å². The fourth-order valence-corrected chi connectivity index (χ4v) is 2.59. The Morgan fingerprint density at radius 1 is 1.37 bits per heavy atom. The summed E-state index contributed by atoms with van der Waals surface area (Å²) in [5, 5.41) is 18.6. The first-order valence-electron chi connectivity index (χ1n) is 6.25. The molecule has 0 aliphatic carbocycles. The normalized spacial score (nSPS) is 22.5. The molecule has 0 bridgehead atoms. The number of hydrogen-bond donors (Lipinski definition) is 2. The Balaban J connectivity index is 2.31. The number of carboxylic acids is 1. The van der Waals surface area contributed by atoms with E-state index in [2.05, 4.69) is 0 Å². The van der Waals surface area contributed by atoms with E-state index in [1.807, 2.05) is 6.92 Å². The number of phenolic OH excluding ortho intramolecular Hbond substituents is 1. The predicted molar refractivity (Wildman–Crippen MR) is 69.1 cm³/mol. The second-order valence-corrected chi connectivity index (χ2v) is 5.05. The third kappa shape index (κ3) is 2.41.